The second-order valence-corrected chi connectivity index (χ2v) is 7.12. The normalized spacial score (nSPS) is 12.8. The lowest BCUT2D eigenvalue weighted by Crippen LogP contribution is -2.38. The van der Waals surface area contributed by atoms with Crippen molar-refractivity contribution in [3.63, 3.8) is 0 Å². The number of halogens is 1. The number of amides is 1. The van der Waals surface area contributed by atoms with Crippen LogP contribution in [0.5, 0.6) is 0 Å². The van der Waals surface area contributed by atoms with Gasteiger partial charge in [0.15, 0.2) is 6.10 Å². The first kappa shape index (κ1) is 21.2. The summed E-state index contributed by atoms with van der Waals surface area (Å²) < 4.78 is 18.6. The highest BCUT2D eigenvalue weighted by Crippen LogP contribution is 2.26. The first-order chi connectivity index (χ1) is 14.5. The Morgan fingerprint density at radius 3 is 1.77 bits per heavy atom. The first-order valence-electron chi connectivity index (χ1n) is 9.82. The van der Waals surface area contributed by atoms with Crippen LogP contribution in [0.15, 0.2) is 84.9 Å². The number of carbonyl (C=O) groups excluding carboxylic acids is 2. The molecule has 2 atom stereocenters. The van der Waals surface area contributed by atoms with Gasteiger partial charge < -0.3 is 10.1 Å². The van der Waals surface area contributed by atoms with Gasteiger partial charge in [0.2, 0.25) is 0 Å². The molecule has 0 unspecified atom stereocenters. The second-order valence-electron chi connectivity index (χ2n) is 7.12. The summed E-state index contributed by atoms with van der Waals surface area (Å²) in [6.45, 7) is 3.33. The van der Waals surface area contributed by atoms with Crippen molar-refractivity contribution < 1.29 is 18.7 Å². The number of hydrogen-bond donors (Lipinski definition) is 1. The first-order valence-corrected chi connectivity index (χ1v) is 9.82. The highest BCUT2D eigenvalue weighted by atomic mass is 19.1. The van der Waals surface area contributed by atoms with Crippen molar-refractivity contribution in [2.45, 2.75) is 31.9 Å². The van der Waals surface area contributed by atoms with Crippen LogP contribution in [0.3, 0.4) is 0 Å². The van der Waals surface area contributed by atoms with Crippen LogP contribution in [0.4, 0.5) is 4.39 Å². The molecule has 1 amide bonds. The third-order valence-corrected chi connectivity index (χ3v) is 4.89. The van der Waals surface area contributed by atoms with E-state index in [4.69, 9.17) is 4.74 Å². The maximum Gasteiger partial charge on any atom is 0.318 e. The number of rotatable bonds is 7. The lowest BCUT2D eigenvalue weighted by atomic mass is 9.91. The molecule has 5 heteroatoms. The summed E-state index contributed by atoms with van der Waals surface area (Å²) in [5, 5.41) is 2.80. The zero-order valence-electron chi connectivity index (χ0n) is 16.9. The van der Waals surface area contributed by atoms with E-state index in [1.54, 1.807) is 19.1 Å². The number of carbonyl (C=O) groups is 2. The number of ether oxygens (including phenoxy) is 1. The molecule has 0 fully saturated rings. The average Bonchev–Trinajstić information content (AvgIpc) is 2.75. The molecule has 154 valence electrons. The largest absolute Gasteiger partial charge is 0.452 e. The molecule has 30 heavy (non-hydrogen) atoms. The summed E-state index contributed by atoms with van der Waals surface area (Å²) >= 11 is 0. The van der Waals surface area contributed by atoms with Gasteiger partial charge in [-0.1, -0.05) is 72.8 Å². The molecule has 0 spiro atoms. The molecule has 0 aliphatic rings. The van der Waals surface area contributed by atoms with E-state index in [9.17, 15) is 14.0 Å². The van der Waals surface area contributed by atoms with Gasteiger partial charge >= 0.3 is 5.97 Å². The Hall–Kier alpha value is -3.47. The van der Waals surface area contributed by atoms with Gasteiger partial charge in [0, 0.05) is 0 Å². The van der Waals surface area contributed by atoms with Crippen LogP contribution in [0.2, 0.25) is 0 Å². The Kier molecular flexibility index (Phi) is 6.96. The SMILES string of the molecule is C[C@H](OC(=O)C(c1ccccc1)c1ccccc1)C(=O)N[C@H](C)c1ccc(F)cc1. The zero-order valence-corrected chi connectivity index (χ0v) is 16.9. The highest BCUT2D eigenvalue weighted by molar-refractivity contribution is 5.87. The molecule has 0 heterocycles. The van der Waals surface area contributed by atoms with E-state index in [1.165, 1.54) is 19.1 Å². The van der Waals surface area contributed by atoms with Crippen molar-refractivity contribution in [2.75, 3.05) is 0 Å². The van der Waals surface area contributed by atoms with Crippen molar-refractivity contribution in [1.29, 1.82) is 0 Å². The fourth-order valence-electron chi connectivity index (χ4n) is 3.22. The summed E-state index contributed by atoms with van der Waals surface area (Å²) in [4.78, 5) is 25.6. The summed E-state index contributed by atoms with van der Waals surface area (Å²) in [7, 11) is 0. The molecular formula is C25H24FNO3. The van der Waals surface area contributed by atoms with Gasteiger partial charge in [0.25, 0.3) is 5.91 Å². The quantitative estimate of drug-likeness (QED) is 0.576. The van der Waals surface area contributed by atoms with Gasteiger partial charge in [-0.3, -0.25) is 9.59 Å². The minimum Gasteiger partial charge on any atom is -0.452 e. The average molecular weight is 405 g/mol. The van der Waals surface area contributed by atoms with Crippen LogP contribution in [-0.2, 0) is 14.3 Å². The molecule has 3 rings (SSSR count). The van der Waals surface area contributed by atoms with Crippen LogP contribution in [0, 0.1) is 5.82 Å². The molecular weight excluding hydrogens is 381 g/mol. The lowest BCUT2D eigenvalue weighted by molar-refractivity contribution is -0.155. The number of esters is 1. The van der Waals surface area contributed by atoms with Crippen LogP contribution >= 0.6 is 0 Å². The van der Waals surface area contributed by atoms with Crippen LogP contribution < -0.4 is 5.32 Å². The minimum absolute atomic E-state index is 0.340. The van der Waals surface area contributed by atoms with Gasteiger partial charge in [0.05, 0.1) is 6.04 Å². The molecule has 0 aromatic heterocycles. The topological polar surface area (TPSA) is 55.4 Å². The van der Waals surface area contributed by atoms with E-state index in [1.807, 2.05) is 60.7 Å². The molecule has 0 bridgehead atoms. The molecule has 4 nitrogen and oxygen atoms in total. The third kappa shape index (κ3) is 5.32. The van der Waals surface area contributed by atoms with Gasteiger partial charge in [-0.05, 0) is 42.7 Å². The van der Waals surface area contributed by atoms with Gasteiger partial charge in [0.1, 0.15) is 11.7 Å². The van der Waals surface area contributed by atoms with Gasteiger partial charge in [-0.2, -0.15) is 0 Å². The van der Waals surface area contributed by atoms with Crippen molar-refractivity contribution in [2.24, 2.45) is 0 Å². The lowest BCUT2D eigenvalue weighted by Gasteiger charge is -2.22. The number of nitrogens with one attached hydrogen (secondary N) is 1. The molecule has 3 aromatic carbocycles. The molecule has 0 saturated carbocycles. The van der Waals surface area contributed by atoms with Crippen molar-refractivity contribution in [1.82, 2.24) is 5.32 Å². The Morgan fingerprint density at radius 1 is 0.767 bits per heavy atom. The predicted molar refractivity (Wildman–Crippen MR) is 113 cm³/mol. The molecule has 0 saturated heterocycles. The minimum atomic E-state index is -0.977. The van der Waals surface area contributed by atoms with E-state index in [0.717, 1.165) is 16.7 Å². The zero-order chi connectivity index (χ0) is 21.5. The Morgan fingerprint density at radius 2 is 1.27 bits per heavy atom. The highest BCUT2D eigenvalue weighted by Gasteiger charge is 2.28. The summed E-state index contributed by atoms with van der Waals surface area (Å²) in [6, 6.07) is 24.2. The number of hydrogen-bond acceptors (Lipinski definition) is 3. The standard InChI is InChI=1S/C25H24FNO3/c1-17(19-13-15-22(26)16-14-19)27-24(28)18(2)30-25(29)23(20-9-5-3-6-10-20)21-11-7-4-8-12-21/h3-18,23H,1-2H3,(H,27,28)/t17-,18+/m1/s1. The molecule has 0 aliphatic carbocycles. The van der Waals surface area contributed by atoms with E-state index < -0.39 is 23.9 Å². The van der Waals surface area contributed by atoms with Gasteiger partial charge in [-0.25, -0.2) is 4.39 Å². The maximum atomic E-state index is 13.1. The Balaban J connectivity index is 1.70. The second kappa shape index (κ2) is 9.83. The molecule has 1 N–H and O–H groups in total. The smallest absolute Gasteiger partial charge is 0.318 e. The van der Waals surface area contributed by atoms with Crippen molar-refractivity contribution in [3.05, 3.63) is 107 Å². The van der Waals surface area contributed by atoms with Crippen molar-refractivity contribution >= 4 is 11.9 Å². The molecule has 0 aliphatic heterocycles. The third-order valence-electron chi connectivity index (χ3n) is 4.89. The predicted octanol–water partition coefficient (Wildman–Crippen LogP) is 4.77. The van der Waals surface area contributed by atoms with Gasteiger partial charge in [-0.15, -0.1) is 0 Å². The Labute approximate surface area is 175 Å². The van der Waals surface area contributed by atoms with E-state index in [-0.39, 0.29) is 11.9 Å². The number of benzene rings is 3. The summed E-state index contributed by atoms with van der Waals surface area (Å²) in [5.74, 6) is -1.88. The monoisotopic (exact) mass is 405 g/mol. The van der Waals surface area contributed by atoms with E-state index >= 15 is 0 Å². The maximum absolute atomic E-state index is 13.1. The fraction of sp³-hybridized carbons (Fsp3) is 0.200. The van der Waals surface area contributed by atoms with Crippen LogP contribution in [0.25, 0.3) is 0 Å². The van der Waals surface area contributed by atoms with Crippen LogP contribution in [0.1, 0.15) is 42.5 Å². The molecule has 3 aromatic rings. The van der Waals surface area contributed by atoms with Crippen molar-refractivity contribution in [3.8, 4) is 0 Å². The fourth-order valence-corrected chi connectivity index (χ4v) is 3.22. The summed E-state index contributed by atoms with van der Waals surface area (Å²) in [5.41, 5.74) is 2.34. The van der Waals surface area contributed by atoms with E-state index in [2.05, 4.69) is 5.32 Å². The van der Waals surface area contributed by atoms with E-state index in [0.29, 0.717) is 0 Å². The molecule has 0 radical (unpaired) electrons. The van der Waals surface area contributed by atoms with Crippen LogP contribution in [-0.4, -0.2) is 18.0 Å². The summed E-state index contributed by atoms with van der Waals surface area (Å²) in [6.07, 6.45) is -0.977. The Bertz CT molecular complexity index is 935.